The van der Waals surface area contributed by atoms with Gasteiger partial charge in [-0.25, -0.2) is 4.68 Å². The standard InChI is InChI=1S/C17H18N4O/c1-4-16-17(12(3)22)19-20-21(16)11(2)13-7-8-15-14(10-13)6-5-9-18-15/h5-11H,4H2,1-3H3. The minimum Gasteiger partial charge on any atom is -0.293 e. The van der Waals surface area contributed by atoms with Crippen molar-refractivity contribution >= 4 is 16.7 Å². The van der Waals surface area contributed by atoms with Crippen molar-refractivity contribution in [2.75, 3.05) is 0 Å². The molecule has 1 unspecified atom stereocenters. The molecule has 1 atom stereocenters. The van der Waals surface area contributed by atoms with Crippen LogP contribution in [0.15, 0.2) is 36.5 Å². The quantitative estimate of drug-likeness (QED) is 0.693. The number of fused-ring (bicyclic) bond motifs is 1. The van der Waals surface area contributed by atoms with Crippen LogP contribution in [0.4, 0.5) is 0 Å². The summed E-state index contributed by atoms with van der Waals surface area (Å²) in [5, 5.41) is 9.34. The Hall–Kier alpha value is -2.56. The average Bonchev–Trinajstić information content (AvgIpc) is 2.97. The van der Waals surface area contributed by atoms with Crippen molar-refractivity contribution in [1.29, 1.82) is 0 Å². The van der Waals surface area contributed by atoms with Gasteiger partial charge in [-0.2, -0.15) is 0 Å². The third kappa shape index (κ3) is 2.39. The molecule has 0 fully saturated rings. The first kappa shape index (κ1) is 14.4. The lowest BCUT2D eigenvalue weighted by molar-refractivity contribution is 0.101. The SMILES string of the molecule is CCc1c(C(C)=O)nnn1C(C)c1ccc2ncccc2c1. The first-order valence-corrected chi connectivity index (χ1v) is 7.41. The lowest BCUT2D eigenvalue weighted by Crippen LogP contribution is -2.13. The van der Waals surface area contributed by atoms with Crippen LogP contribution in [0.1, 0.15) is 48.6 Å². The molecule has 0 saturated carbocycles. The summed E-state index contributed by atoms with van der Waals surface area (Å²) in [5.41, 5.74) is 3.44. The molecule has 2 heterocycles. The molecule has 0 aliphatic heterocycles. The maximum atomic E-state index is 11.6. The number of carbonyl (C=O) groups is 1. The van der Waals surface area contributed by atoms with Crippen molar-refractivity contribution < 1.29 is 4.79 Å². The third-order valence-electron chi connectivity index (χ3n) is 3.94. The minimum absolute atomic E-state index is 0.0140. The highest BCUT2D eigenvalue weighted by atomic mass is 16.1. The Morgan fingerprint density at radius 1 is 1.32 bits per heavy atom. The molecule has 0 aliphatic carbocycles. The average molecular weight is 294 g/mol. The predicted molar refractivity (Wildman–Crippen MR) is 85.0 cm³/mol. The van der Waals surface area contributed by atoms with E-state index < -0.39 is 0 Å². The van der Waals surface area contributed by atoms with E-state index in [4.69, 9.17) is 0 Å². The lowest BCUT2D eigenvalue weighted by atomic mass is 10.0. The summed E-state index contributed by atoms with van der Waals surface area (Å²) < 4.78 is 1.84. The zero-order chi connectivity index (χ0) is 15.7. The van der Waals surface area contributed by atoms with Crippen LogP contribution < -0.4 is 0 Å². The van der Waals surface area contributed by atoms with Gasteiger partial charge in [-0.15, -0.1) is 5.10 Å². The first-order valence-electron chi connectivity index (χ1n) is 7.41. The lowest BCUT2D eigenvalue weighted by Gasteiger charge is -2.15. The summed E-state index contributed by atoms with van der Waals surface area (Å²) in [7, 11) is 0. The Morgan fingerprint density at radius 2 is 2.14 bits per heavy atom. The maximum Gasteiger partial charge on any atom is 0.181 e. The number of benzene rings is 1. The highest BCUT2D eigenvalue weighted by molar-refractivity contribution is 5.93. The summed E-state index contributed by atoms with van der Waals surface area (Å²) in [4.78, 5) is 16.0. The molecule has 0 bridgehead atoms. The second-order valence-corrected chi connectivity index (χ2v) is 5.37. The zero-order valence-electron chi connectivity index (χ0n) is 12.9. The molecule has 1 aromatic carbocycles. The summed E-state index contributed by atoms with van der Waals surface area (Å²) in [6, 6.07) is 10.2. The van der Waals surface area contributed by atoms with Crippen LogP contribution in [-0.2, 0) is 6.42 Å². The highest BCUT2D eigenvalue weighted by Crippen LogP contribution is 2.23. The van der Waals surface area contributed by atoms with E-state index in [9.17, 15) is 4.79 Å². The fourth-order valence-electron chi connectivity index (χ4n) is 2.72. The molecule has 5 heteroatoms. The molecule has 0 N–H and O–H groups in total. The van der Waals surface area contributed by atoms with Gasteiger partial charge in [-0.1, -0.05) is 24.3 Å². The Balaban J connectivity index is 2.05. The smallest absolute Gasteiger partial charge is 0.181 e. The van der Waals surface area contributed by atoms with Gasteiger partial charge in [0.1, 0.15) is 0 Å². The molecular weight excluding hydrogens is 276 g/mol. The number of aromatic nitrogens is 4. The van der Waals surface area contributed by atoms with E-state index in [1.807, 2.05) is 29.8 Å². The Labute approximate surface area is 129 Å². The van der Waals surface area contributed by atoms with Gasteiger partial charge in [0, 0.05) is 18.5 Å². The summed E-state index contributed by atoms with van der Waals surface area (Å²) in [6.45, 7) is 5.60. The molecular formula is C17H18N4O. The molecule has 0 spiro atoms. The van der Waals surface area contributed by atoms with Gasteiger partial charge in [0.05, 0.1) is 17.3 Å². The Bertz CT molecular complexity index is 838. The second kappa shape index (κ2) is 5.67. The van der Waals surface area contributed by atoms with Crippen molar-refractivity contribution in [2.24, 2.45) is 0 Å². The van der Waals surface area contributed by atoms with Crippen LogP contribution in [-0.4, -0.2) is 25.8 Å². The molecule has 0 aliphatic rings. The second-order valence-electron chi connectivity index (χ2n) is 5.37. The molecule has 0 radical (unpaired) electrons. The zero-order valence-corrected chi connectivity index (χ0v) is 12.9. The van der Waals surface area contributed by atoms with Crippen molar-refractivity contribution in [3.8, 4) is 0 Å². The Morgan fingerprint density at radius 3 is 2.86 bits per heavy atom. The van der Waals surface area contributed by atoms with Crippen molar-refractivity contribution in [3.63, 3.8) is 0 Å². The van der Waals surface area contributed by atoms with Crippen LogP contribution in [0.25, 0.3) is 10.9 Å². The fourth-order valence-corrected chi connectivity index (χ4v) is 2.72. The molecule has 112 valence electrons. The van der Waals surface area contributed by atoms with Crippen LogP contribution in [0.2, 0.25) is 0 Å². The topological polar surface area (TPSA) is 60.7 Å². The molecule has 3 rings (SSSR count). The number of carbonyl (C=O) groups excluding carboxylic acids is 1. The van der Waals surface area contributed by atoms with Gasteiger partial charge in [-0.3, -0.25) is 9.78 Å². The van der Waals surface area contributed by atoms with Crippen LogP contribution >= 0.6 is 0 Å². The molecule has 5 nitrogen and oxygen atoms in total. The number of hydrogen-bond acceptors (Lipinski definition) is 4. The van der Waals surface area contributed by atoms with E-state index in [1.165, 1.54) is 6.92 Å². The summed E-state index contributed by atoms with van der Waals surface area (Å²) in [6.07, 6.45) is 2.51. The van der Waals surface area contributed by atoms with Gasteiger partial charge in [-0.05, 0) is 37.1 Å². The highest BCUT2D eigenvalue weighted by Gasteiger charge is 2.19. The fraction of sp³-hybridized carbons (Fsp3) is 0.294. The van der Waals surface area contributed by atoms with E-state index in [0.717, 1.165) is 28.6 Å². The first-order chi connectivity index (χ1) is 10.6. The van der Waals surface area contributed by atoms with Crippen molar-refractivity contribution in [1.82, 2.24) is 20.0 Å². The minimum atomic E-state index is -0.0435. The number of ketones is 1. The van der Waals surface area contributed by atoms with E-state index in [2.05, 4.69) is 34.4 Å². The largest absolute Gasteiger partial charge is 0.293 e. The van der Waals surface area contributed by atoms with Crippen LogP contribution in [0, 0.1) is 0 Å². The number of hydrogen-bond donors (Lipinski definition) is 0. The molecule has 0 saturated heterocycles. The third-order valence-corrected chi connectivity index (χ3v) is 3.94. The van der Waals surface area contributed by atoms with Crippen molar-refractivity contribution in [3.05, 3.63) is 53.5 Å². The molecule has 0 amide bonds. The van der Waals surface area contributed by atoms with Gasteiger partial charge in [0.25, 0.3) is 0 Å². The normalized spacial score (nSPS) is 12.5. The predicted octanol–water partition coefficient (Wildman–Crippen LogP) is 3.20. The van der Waals surface area contributed by atoms with E-state index in [0.29, 0.717) is 5.69 Å². The number of rotatable bonds is 4. The number of pyridine rings is 1. The number of nitrogens with zero attached hydrogens (tertiary/aromatic N) is 4. The van der Waals surface area contributed by atoms with E-state index in [-0.39, 0.29) is 11.8 Å². The van der Waals surface area contributed by atoms with E-state index in [1.54, 1.807) is 6.20 Å². The van der Waals surface area contributed by atoms with Gasteiger partial charge < -0.3 is 0 Å². The molecule has 3 aromatic rings. The molecule has 22 heavy (non-hydrogen) atoms. The number of Topliss-reactive ketones (excluding diaryl/α,β-unsaturated/α-hetero) is 1. The maximum absolute atomic E-state index is 11.6. The van der Waals surface area contributed by atoms with Gasteiger partial charge in [0.15, 0.2) is 11.5 Å². The van der Waals surface area contributed by atoms with E-state index >= 15 is 0 Å². The monoisotopic (exact) mass is 294 g/mol. The van der Waals surface area contributed by atoms with Crippen LogP contribution in [0.5, 0.6) is 0 Å². The summed E-state index contributed by atoms with van der Waals surface area (Å²) in [5.74, 6) is -0.0435. The molecule has 2 aromatic heterocycles. The summed E-state index contributed by atoms with van der Waals surface area (Å²) >= 11 is 0. The van der Waals surface area contributed by atoms with Crippen molar-refractivity contribution in [2.45, 2.75) is 33.2 Å². The van der Waals surface area contributed by atoms with Gasteiger partial charge in [0.2, 0.25) is 0 Å². The Kier molecular flexibility index (Phi) is 3.71. The van der Waals surface area contributed by atoms with Crippen LogP contribution in [0.3, 0.4) is 0 Å². The van der Waals surface area contributed by atoms with Gasteiger partial charge >= 0.3 is 0 Å².